The second kappa shape index (κ2) is 8.63. The average molecular weight is 417 g/mol. The van der Waals surface area contributed by atoms with Crippen LogP contribution in [0.2, 0.25) is 5.02 Å². The van der Waals surface area contributed by atoms with E-state index in [1.54, 1.807) is 0 Å². The van der Waals surface area contributed by atoms with E-state index in [1.165, 1.54) is 22.3 Å². The van der Waals surface area contributed by atoms with Gasteiger partial charge in [0.15, 0.2) is 0 Å². The van der Waals surface area contributed by atoms with E-state index in [2.05, 4.69) is 103 Å². The summed E-state index contributed by atoms with van der Waals surface area (Å²) >= 11 is 6.56. The molecule has 0 saturated carbocycles. The number of benzene rings is 5. The zero-order valence-corrected chi connectivity index (χ0v) is 17.8. The molecule has 0 saturated heterocycles. The van der Waals surface area contributed by atoms with Crippen molar-refractivity contribution in [2.24, 2.45) is 0 Å². The molecule has 0 N–H and O–H groups in total. The van der Waals surface area contributed by atoms with Crippen molar-refractivity contribution < 1.29 is 0 Å². The molecule has 1 heteroatoms. The highest BCUT2D eigenvalue weighted by Gasteiger charge is 2.07. The molecule has 5 aromatic carbocycles. The Kier molecular flexibility index (Phi) is 5.39. The lowest BCUT2D eigenvalue weighted by atomic mass is 9.95. The molecule has 0 aliphatic heterocycles. The average Bonchev–Trinajstić information content (AvgIpc) is 2.85. The molecule has 0 aromatic heterocycles. The third-order valence-corrected chi connectivity index (χ3v) is 5.72. The maximum absolute atomic E-state index is 6.56. The molecular weight excluding hydrogens is 396 g/mol. The minimum atomic E-state index is 0.739. The van der Waals surface area contributed by atoms with Gasteiger partial charge in [-0.3, -0.25) is 0 Å². The van der Waals surface area contributed by atoms with Crippen molar-refractivity contribution >= 4 is 11.6 Å². The Labute approximate surface area is 188 Å². The smallest absolute Gasteiger partial charge is 0.0418 e. The number of hydrogen-bond acceptors (Lipinski definition) is 0. The third kappa shape index (κ3) is 4.30. The maximum atomic E-state index is 6.56. The summed E-state index contributed by atoms with van der Waals surface area (Å²) in [6, 6.07) is 44.4. The fraction of sp³-hybridized carbons (Fsp3) is 0. The van der Waals surface area contributed by atoms with E-state index in [9.17, 15) is 0 Å². The van der Waals surface area contributed by atoms with Crippen molar-refractivity contribution in [3.05, 3.63) is 132 Å². The van der Waals surface area contributed by atoms with E-state index >= 15 is 0 Å². The van der Waals surface area contributed by atoms with E-state index in [4.69, 9.17) is 11.6 Å². The highest BCUT2D eigenvalue weighted by molar-refractivity contribution is 6.31. The molecule has 0 fully saturated rings. The minimum Gasteiger partial charge on any atom is -0.0843 e. The zero-order valence-electron chi connectivity index (χ0n) is 17.0. The predicted molar refractivity (Wildman–Crippen MR) is 133 cm³/mol. The molecule has 0 aliphatic rings. The minimum absolute atomic E-state index is 0.739. The van der Waals surface area contributed by atoms with Crippen molar-refractivity contribution in [1.29, 1.82) is 0 Å². The summed E-state index contributed by atoms with van der Waals surface area (Å²) in [6.45, 7) is 0. The van der Waals surface area contributed by atoms with Crippen LogP contribution in [0.25, 0.3) is 44.5 Å². The molecule has 0 amide bonds. The van der Waals surface area contributed by atoms with Gasteiger partial charge in [-0.15, -0.1) is 0 Å². The van der Waals surface area contributed by atoms with Crippen molar-refractivity contribution in [3.8, 4) is 44.5 Å². The van der Waals surface area contributed by atoms with Gasteiger partial charge in [0.1, 0.15) is 0 Å². The molecule has 0 spiro atoms. The van der Waals surface area contributed by atoms with E-state index in [0.717, 1.165) is 27.3 Å². The first-order chi connectivity index (χ1) is 15.3. The van der Waals surface area contributed by atoms with Crippen LogP contribution >= 0.6 is 11.6 Å². The summed E-state index contributed by atoms with van der Waals surface area (Å²) in [4.78, 5) is 0. The Bertz CT molecular complexity index is 1220. The first-order valence-electron chi connectivity index (χ1n) is 10.4. The van der Waals surface area contributed by atoms with Crippen molar-refractivity contribution in [3.63, 3.8) is 0 Å². The zero-order chi connectivity index (χ0) is 21.0. The van der Waals surface area contributed by atoms with Gasteiger partial charge in [-0.1, -0.05) is 109 Å². The van der Waals surface area contributed by atoms with Crippen LogP contribution in [0.3, 0.4) is 0 Å². The molecule has 0 bridgehead atoms. The standard InChI is InChI=1S/C30H21Cl/c31-30-20-28(26-15-7-13-24(17-26)22-9-3-1-4-10-22)19-29(21-30)27-16-8-14-25(18-27)23-11-5-2-6-12-23/h1-21H. The number of halogens is 1. The normalized spacial score (nSPS) is 10.7. The van der Waals surface area contributed by atoms with Gasteiger partial charge in [0.25, 0.3) is 0 Å². The molecule has 148 valence electrons. The summed E-state index contributed by atoms with van der Waals surface area (Å²) in [5, 5.41) is 0.739. The molecule has 0 nitrogen and oxygen atoms in total. The molecule has 31 heavy (non-hydrogen) atoms. The molecule has 0 unspecified atom stereocenters. The Balaban J connectivity index is 1.56. The summed E-state index contributed by atoms with van der Waals surface area (Å²) in [7, 11) is 0. The first kappa shape index (κ1) is 19.4. The Hall–Kier alpha value is -3.61. The van der Waals surface area contributed by atoms with Crippen LogP contribution in [0.5, 0.6) is 0 Å². The van der Waals surface area contributed by atoms with Crippen molar-refractivity contribution in [2.45, 2.75) is 0 Å². The van der Waals surface area contributed by atoms with Crippen LogP contribution in [0.15, 0.2) is 127 Å². The summed E-state index contributed by atoms with van der Waals surface area (Å²) in [5.41, 5.74) is 9.37. The van der Waals surface area contributed by atoms with Crippen molar-refractivity contribution in [2.75, 3.05) is 0 Å². The van der Waals surface area contributed by atoms with Gasteiger partial charge < -0.3 is 0 Å². The molecule has 0 atom stereocenters. The summed E-state index contributed by atoms with van der Waals surface area (Å²) in [5.74, 6) is 0. The van der Waals surface area contributed by atoms with Gasteiger partial charge in [0.05, 0.1) is 0 Å². The van der Waals surface area contributed by atoms with Crippen molar-refractivity contribution in [1.82, 2.24) is 0 Å². The predicted octanol–water partition coefficient (Wildman–Crippen LogP) is 9.01. The lowest BCUT2D eigenvalue weighted by Crippen LogP contribution is -1.85. The molecule has 0 heterocycles. The van der Waals surface area contributed by atoms with Crippen LogP contribution < -0.4 is 0 Å². The lowest BCUT2D eigenvalue weighted by Gasteiger charge is -2.11. The molecule has 5 rings (SSSR count). The number of hydrogen-bond donors (Lipinski definition) is 0. The van der Waals surface area contributed by atoms with Gasteiger partial charge in [-0.2, -0.15) is 0 Å². The SMILES string of the molecule is Clc1cc(-c2cccc(-c3ccccc3)c2)cc(-c2cccc(-c3ccccc3)c2)c1. The topological polar surface area (TPSA) is 0 Å². The van der Waals surface area contributed by atoms with E-state index in [1.807, 2.05) is 24.3 Å². The van der Waals surface area contributed by atoms with Gasteiger partial charge >= 0.3 is 0 Å². The Morgan fingerprint density at radius 2 is 0.613 bits per heavy atom. The molecule has 5 aromatic rings. The van der Waals surface area contributed by atoms with E-state index < -0.39 is 0 Å². The van der Waals surface area contributed by atoms with E-state index in [-0.39, 0.29) is 0 Å². The van der Waals surface area contributed by atoms with Crippen LogP contribution in [0.1, 0.15) is 0 Å². The number of rotatable bonds is 4. The molecule has 0 radical (unpaired) electrons. The van der Waals surface area contributed by atoms with Crippen LogP contribution in [-0.2, 0) is 0 Å². The monoisotopic (exact) mass is 416 g/mol. The van der Waals surface area contributed by atoms with Gasteiger partial charge in [0.2, 0.25) is 0 Å². The quantitative estimate of drug-likeness (QED) is 0.274. The van der Waals surface area contributed by atoms with Gasteiger partial charge in [0, 0.05) is 5.02 Å². The van der Waals surface area contributed by atoms with Gasteiger partial charge in [-0.25, -0.2) is 0 Å². The maximum Gasteiger partial charge on any atom is 0.0418 e. The van der Waals surface area contributed by atoms with Crippen LogP contribution in [0.4, 0.5) is 0 Å². The Morgan fingerprint density at radius 1 is 0.290 bits per heavy atom. The highest BCUT2D eigenvalue weighted by atomic mass is 35.5. The van der Waals surface area contributed by atoms with E-state index in [0.29, 0.717) is 0 Å². The first-order valence-corrected chi connectivity index (χ1v) is 10.8. The third-order valence-electron chi connectivity index (χ3n) is 5.50. The molecule has 0 aliphatic carbocycles. The van der Waals surface area contributed by atoms with Crippen LogP contribution in [-0.4, -0.2) is 0 Å². The highest BCUT2D eigenvalue weighted by Crippen LogP contribution is 2.33. The fourth-order valence-electron chi connectivity index (χ4n) is 3.94. The summed E-state index contributed by atoms with van der Waals surface area (Å²) in [6.07, 6.45) is 0. The lowest BCUT2D eigenvalue weighted by molar-refractivity contribution is 1.56. The fourth-order valence-corrected chi connectivity index (χ4v) is 4.18. The molecular formula is C30H21Cl. The second-order valence-electron chi connectivity index (χ2n) is 7.62. The summed E-state index contributed by atoms with van der Waals surface area (Å²) < 4.78 is 0. The largest absolute Gasteiger partial charge is 0.0843 e. The van der Waals surface area contributed by atoms with Gasteiger partial charge in [-0.05, 0) is 74.8 Å². The van der Waals surface area contributed by atoms with Crippen LogP contribution in [0, 0.1) is 0 Å². The Morgan fingerprint density at radius 3 is 1.03 bits per heavy atom. The second-order valence-corrected chi connectivity index (χ2v) is 8.06.